The van der Waals surface area contributed by atoms with Crippen molar-refractivity contribution in [1.82, 2.24) is 19.0 Å². The lowest BCUT2D eigenvalue weighted by Crippen LogP contribution is -2.41. The van der Waals surface area contributed by atoms with Crippen LogP contribution in [-0.4, -0.2) is 43.9 Å². The van der Waals surface area contributed by atoms with Crippen LogP contribution in [0.5, 0.6) is 0 Å². The van der Waals surface area contributed by atoms with Crippen LogP contribution in [0.1, 0.15) is 41.7 Å². The Morgan fingerprint density at radius 2 is 1.84 bits per heavy atom. The first-order chi connectivity index (χ1) is 15.3. The quantitative estimate of drug-likeness (QED) is 0.647. The van der Waals surface area contributed by atoms with Gasteiger partial charge in [-0.1, -0.05) is 12.1 Å². The minimum absolute atomic E-state index is 0.0852. The second kappa shape index (κ2) is 7.70. The Hall–Kier alpha value is -3.27. The average Bonchev–Trinajstić information content (AvgIpc) is 3.38. The average molecular weight is 454 g/mol. The van der Waals surface area contributed by atoms with Crippen molar-refractivity contribution in [2.24, 2.45) is 14.1 Å². The lowest BCUT2D eigenvalue weighted by atomic mass is 9.95. The molecule has 0 aliphatic carbocycles. The van der Waals surface area contributed by atoms with Crippen LogP contribution in [0.25, 0.3) is 10.2 Å². The van der Waals surface area contributed by atoms with E-state index in [4.69, 9.17) is 4.98 Å². The Kier molecular flexibility index (Phi) is 4.96. The molecule has 0 spiro atoms. The van der Waals surface area contributed by atoms with Crippen LogP contribution in [0, 0.1) is 0 Å². The van der Waals surface area contributed by atoms with Gasteiger partial charge in [0.1, 0.15) is 5.82 Å². The Labute approximate surface area is 187 Å². The second-order valence-corrected chi connectivity index (χ2v) is 9.45. The number of carbonyl (C=O) groups is 2. The van der Waals surface area contributed by atoms with Crippen molar-refractivity contribution >= 4 is 39.2 Å². The number of hydrogen-bond donors (Lipinski definition) is 1. The van der Waals surface area contributed by atoms with E-state index in [0.717, 1.165) is 27.9 Å². The summed E-state index contributed by atoms with van der Waals surface area (Å²) in [5.41, 5.74) is 0.150. The highest BCUT2D eigenvalue weighted by molar-refractivity contribution is 7.18. The van der Waals surface area contributed by atoms with Crippen molar-refractivity contribution in [2.75, 3.05) is 18.4 Å². The van der Waals surface area contributed by atoms with Gasteiger partial charge in [0, 0.05) is 39.5 Å². The molecular formula is C22H23N5O4S. The number of rotatable bonds is 3. The molecule has 10 heteroatoms. The number of anilines is 1. The minimum Gasteiger partial charge on any atom is -0.343 e. The molecule has 1 saturated heterocycles. The summed E-state index contributed by atoms with van der Waals surface area (Å²) in [5, 5.41) is 3.71. The first-order valence-electron chi connectivity index (χ1n) is 10.6. The number of likely N-dealkylation sites (tertiary alicyclic amines) is 1. The molecule has 1 atom stereocenters. The largest absolute Gasteiger partial charge is 0.343 e. The summed E-state index contributed by atoms with van der Waals surface area (Å²) >= 11 is 1.71. The number of benzene rings is 1. The number of hydrogen-bond acceptors (Lipinski definition) is 6. The van der Waals surface area contributed by atoms with Crippen molar-refractivity contribution in [3.63, 3.8) is 0 Å². The lowest BCUT2D eigenvalue weighted by Gasteiger charge is -2.31. The molecule has 2 aliphatic rings. The van der Waals surface area contributed by atoms with Crippen LogP contribution in [-0.2, 0) is 23.7 Å². The molecule has 5 rings (SSSR count). The second-order valence-electron chi connectivity index (χ2n) is 8.39. The summed E-state index contributed by atoms with van der Waals surface area (Å²) in [5.74, 6) is -0.957. The van der Waals surface area contributed by atoms with E-state index in [1.54, 1.807) is 16.2 Å². The fourth-order valence-corrected chi connectivity index (χ4v) is 5.75. The normalized spacial score (nSPS) is 18.8. The maximum Gasteiger partial charge on any atom is 0.332 e. The topological polar surface area (TPSA) is 106 Å². The highest BCUT2D eigenvalue weighted by atomic mass is 32.1. The number of para-hydroxylation sites is 1. The summed E-state index contributed by atoms with van der Waals surface area (Å²) in [6.45, 7) is 1.18. The van der Waals surface area contributed by atoms with Crippen LogP contribution < -0.4 is 16.6 Å². The first kappa shape index (κ1) is 20.6. The van der Waals surface area contributed by atoms with Gasteiger partial charge < -0.3 is 10.2 Å². The zero-order valence-electron chi connectivity index (χ0n) is 17.8. The minimum atomic E-state index is -0.884. The van der Waals surface area contributed by atoms with Crippen LogP contribution in [0.4, 0.5) is 5.82 Å². The van der Waals surface area contributed by atoms with Crippen LogP contribution in [0.15, 0.2) is 33.9 Å². The zero-order valence-corrected chi connectivity index (χ0v) is 18.6. The summed E-state index contributed by atoms with van der Waals surface area (Å²) in [4.78, 5) is 56.8. The van der Waals surface area contributed by atoms with Crippen LogP contribution in [0.3, 0.4) is 0 Å². The molecule has 4 heterocycles. The first-order valence-corrected chi connectivity index (χ1v) is 11.4. The van der Waals surface area contributed by atoms with Gasteiger partial charge >= 0.3 is 5.69 Å². The van der Waals surface area contributed by atoms with Gasteiger partial charge in [-0.25, -0.2) is 9.78 Å². The van der Waals surface area contributed by atoms with Gasteiger partial charge in [0.15, 0.2) is 0 Å². The standard InChI is InChI=1S/C22H23N5O4S/c1-25-18-17(21(30)26(2)22(25)31)13(19(29)24-18)11-16(28)27-9-7-12(8-10-27)20-23-14-5-3-4-6-15(14)32-20/h3-6,12-13H,7-11H2,1-2H3,(H,24,29)/t13-/m1/s1. The zero-order chi connectivity index (χ0) is 22.6. The molecule has 0 saturated carbocycles. The molecule has 166 valence electrons. The molecule has 0 unspecified atom stereocenters. The van der Waals surface area contributed by atoms with Crippen molar-refractivity contribution in [1.29, 1.82) is 0 Å². The molecule has 2 amide bonds. The summed E-state index contributed by atoms with van der Waals surface area (Å²) in [6, 6.07) is 8.07. The van der Waals surface area contributed by atoms with Crippen molar-refractivity contribution in [3.05, 3.63) is 55.7 Å². The van der Waals surface area contributed by atoms with Gasteiger partial charge in [-0.3, -0.25) is 23.5 Å². The van der Waals surface area contributed by atoms with Crippen LogP contribution >= 0.6 is 11.3 Å². The van der Waals surface area contributed by atoms with Gasteiger partial charge in [-0.05, 0) is 25.0 Å². The number of aromatic nitrogens is 3. The Morgan fingerprint density at radius 3 is 2.56 bits per heavy atom. The van der Waals surface area contributed by atoms with Gasteiger partial charge in [-0.15, -0.1) is 11.3 Å². The monoisotopic (exact) mass is 453 g/mol. The van der Waals surface area contributed by atoms with E-state index in [9.17, 15) is 19.2 Å². The fraction of sp³-hybridized carbons (Fsp3) is 0.409. The molecule has 1 N–H and O–H groups in total. The Bertz CT molecular complexity index is 1330. The third-order valence-electron chi connectivity index (χ3n) is 6.49. The smallest absolute Gasteiger partial charge is 0.332 e. The third-order valence-corrected chi connectivity index (χ3v) is 7.69. The third kappa shape index (κ3) is 3.26. The Balaban J connectivity index is 1.30. The van der Waals surface area contributed by atoms with E-state index < -0.39 is 23.1 Å². The maximum absolute atomic E-state index is 13.0. The number of piperidine rings is 1. The molecule has 1 aromatic carbocycles. The molecule has 9 nitrogen and oxygen atoms in total. The molecule has 1 fully saturated rings. The van der Waals surface area contributed by atoms with Crippen molar-refractivity contribution in [2.45, 2.75) is 31.1 Å². The van der Waals surface area contributed by atoms with Gasteiger partial charge in [-0.2, -0.15) is 0 Å². The number of nitrogens with one attached hydrogen (secondary N) is 1. The highest BCUT2D eigenvalue weighted by Crippen LogP contribution is 2.35. The van der Waals surface area contributed by atoms with E-state index in [1.807, 2.05) is 18.2 Å². The van der Waals surface area contributed by atoms with Crippen LogP contribution in [0.2, 0.25) is 0 Å². The predicted octanol–water partition coefficient (Wildman–Crippen LogP) is 1.53. The molecule has 3 aromatic rings. The van der Waals surface area contributed by atoms with E-state index in [1.165, 1.54) is 23.4 Å². The number of nitrogens with zero attached hydrogens (tertiary/aromatic N) is 4. The number of amides is 2. The molecule has 32 heavy (non-hydrogen) atoms. The summed E-state index contributed by atoms with van der Waals surface area (Å²) in [7, 11) is 2.87. The summed E-state index contributed by atoms with van der Waals surface area (Å²) in [6.07, 6.45) is 1.54. The molecule has 0 bridgehead atoms. The molecule has 0 radical (unpaired) electrons. The van der Waals surface area contributed by atoms with Gasteiger partial charge in [0.2, 0.25) is 11.8 Å². The number of thiazole rings is 1. The fourth-order valence-electron chi connectivity index (χ4n) is 4.61. The SMILES string of the molecule is Cn1c2c(c(=O)n(C)c1=O)[C@@H](CC(=O)N1CCC(c3nc4ccccc4s3)CC1)C(=O)N2. The maximum atomic E-state index is 13.0. The summed E-state index contributed by atoms with van der Waals surface area (Å²) < 4.78 is 3.38. The number of fused-ring (bicyclic) bond motifs is 2. The van der Waals surface area contributed by atoms with Crippen molar-refractivity contribution in [3.8, 4) is 0 Å². The lowest BCUT2D eigenvalue weighted by molar-refractivity contribution is -0.134. The predicted molar refractivity (Wildman–Crippen MR) is 121 cm³/mol. The van der Waals surface area contributed by atoms with Gasteiger partial charge in [0.05, 0.1) is 26.7 Å². The van der Waals surface area contributed by atoms with E-state index in [-0.39, 0.29) is 23.7 Å². The van der Waals surface area contributed by atoms with Gasteiger partial charge in [0.25, 0.3) is 5.56 Å². The van der Waals surface area contributed by atoms with E-state index >= 15 is 0 Å². The molecular weight excluding hydrogens is 430 g/mol. The molecule has 2 aliphatic heterocycles. The van der Waals surface area contributed by atoms with E-state index in [2.05, 4.69) is 11.4 Å². The highest BCUT2D eigenvalue weighted by Gasteiger charge is 2.39. The van der Waals surface area contributed by atoms with E-state index in [0.29, 0.717) is 19.0 Å². The molecule has 2 aromatic heterocycles. The van der Waals surface area contributed by atoms with Crippen molar-refractivity contribution < 1.29 is 9.59 Å². The number of carbonyl (C=O) groups excluding carboxylic acids is 2. The Morgan fingerprint density at radius 1 is 1.12 bits per heavy atom.